The summed E-state index contributed by atoms with van der Waals surface area (Å²) in [5, 5.41) is 16.2. The molecule has 2 atom stereocenters. The third kappa shape index (κ3) is 4.43. The van der Waals surface area contributed by atoms with E-state index >= 15 is 0 Å². The van der Waals surface area contributed by atoms with Gasteiger partial charge in [0.05, 0.1) is 31.1 Å². The molecular weight excluding hydrogens is 403 g/mol. The van der Waals surface area contributed by atoms with Gasteiger partial charge in [-0.1, -0.05) is 13.8 Å². The summed E-state index contributed by atoms with van der Waals surface area (Å²) in [6, 6.07) is 2.88. The lowest BCUT2D eigenvalue weighted by atomic mass is 10.1. The summed E-state index contributed by atoms with van der Waals surface area (Å²) in [7, 11) is 0. The number of carbonyl (C=O) groups is 1. The molecule has 4 heterocycles. The van der Waals surface area contributed by atoms with Gasteiger partial charge in [-0.05, 0) is 36.5 Å². The minimum Gasteiger partial charge on any atom is -0.405 e. The summed E-state index contributed by atoms with van der Waals surface area (Å²) < 4.78 is 20.6. The molecule has 164 valence electrons. The number of rotatable bonds is 6. The van der Waals surface area contributed by atoms with E-state index < -0.39 is 12.1 Å². The minimum atomic E-state index is -0.681. The molecule has 1 aliphatic heterocycles. The summed E-state index contributed by atoms with van der Waals surface area (Å²) in [6.07, 6.45) is 7.15. The van der Waals surface area contributed by atoms with Crippen LogP contribution >= 0.6 is 0 Å². The molecule has 0 aromatic carbocycles. The quantitative estimate of drug-likeness (QED) is 0.622. The summed E-state index contributed by atoms with van der Waals surface area (Å²) in [6.45, 7) is 4.37. The van der Waals surface area contributed by atoms with Gasteiger partial charge in [-0.25, -0.2) is 18.7 Å². The molecule has 2 N–H and O–H groups in total. The Labute approximate surface area is 178 Å². The molecule has 1 aliphatic rings. The van der Waals surface area contributed by atoms with Crippen LogP contribution in [-0.2, 0) is 0 Å². The fraction of sp³-hybridized carbons (Fsp3) is 0.429. The number of ether oxygens (including phenoxy) is 1. The van der Waals surface area contributed by atoms with Crippen LogP contribution < -0.4 is 15.0 Å². The third-order valence-electron chi connectivity index (χ3n) is 5.49. The highest BCUT2D eigenvalue weighted by Crippen LogP contribution is 2.35. The normalized spacial score (nSPS) is 17.3. The Morgan fingerprint density at radius 1 is 1.39 bits per heavy atom. The van der Waals surface area contributed by atoms with Crippen molar-refractivity contribution < 1.29 is 19.0 Å². The van der Waals surface area contributed by atoms with Gasteiger partial charge < -0.3 is 20.1 Å². The summed E-state index contributed by atoms with van der Waals surface area (Å²) >= 11 is 0. The summed E-state index contributed by atoms with van der Waals surface area (Å²) in [5.41, 5.74) is 1.19. The molecule has 0 saturated carbocycles. The second kappa shape index (κ2) is 8.84. The molecule has 4 rings (SSSR count). The molecule has 0 spiro atoms. The number of aliphatic hydroxyl groups is 1. The summed E-state index contributed by atoms with van der Waals surface area (Å²) in [4.78, 5) is 23.0. The van der Waals surface area contributed by atoms with Crippen molar-refractivity contribution in [3.8, 4) is 5.75 Å². The standard InChI is InChI=1S/C21H25FN6O3/c1-13(2)16(12-29)25-21(30)31-18-11-24-28-7-5-19(26-20(18)28)27-6-3-4-17(27)14-8-15(22)10-23-9-14/h5,7-11,13,16-17,29H,3-4,6,12H2,1-2H3,(H,25,30)/t16-,17+/m0/s1. The van der Waals surface area contributed by atoms with E-state index in [0.717, 1.165) is 24.9 Å². The van der Waals surface area contributed by atoms with E-state index in [4.69, 9.17) is 4.74 Å². The SMILES string of the molecule is CC(C)[C@H](CO)NC(=O)Oc1cnn2ccc(N3CCC[C@@H]3c3cncc(F)c3)nc12. The zero-order valence-corrected chi connectivity index (χ0v) is 17.4. The topological polar surface area (TPSA) is 105 Å². The van der Waals surface area contributed by atoms with Crippen LogP contribution in [0.1, 0.15) is 38.3 Å². The summed E-state index contributed by atoms with van der Waals surface area (Å²) in [5.74, 6) is 0.576. The molecule has 10 heteroatoms. The van der Waals surface area contributed by atoms with Gasteiger partial charge in [0.2, 0.25) is 5.65 Å². The predicted molar refractivity (Wildman–Crippen MR) is 111 cm³/mol. The van der Waals surface area contributed by atoms with Gasteiger partial charge >= 0.3 is 6.09 Å². The monoisotopic (exact) mass is 428 g/mol. The molecule has 9 nitrogen and oxygen atoms in total. The van der Waals surface area contributed by atoms with Crippen molar-refractivity contribution in [1.82, 2.24) is 24.9 Å². The van der Waals surface area contributed by atoms with Crippen LogP contribution in [0.4, 0.5) is 15.0 Å². The highest BCUT2D eigenvalue weighted by molar-refractivity contribution is 5.73. The van der Waals surface area contributed by atoms with Crippen LogP contribution in [0.3, 0.4) is 0 Å². The largest absolute Gasteiger partial charge is 0.413 e. The second-order valence-corrected chi connectivity index (χ2v) is 7.92. The van der Waals surface area contributed by atoms with Gasteiger partial charge in [-0.2, -0.15) is 5.10 Å². The number of anilines is 1. The fourth-order valence-corrected chi connectivity index (χ4v) is 3.77. The molecule has 0 unspecified atom stereocenters. The smallest absolute Gasteiger partial charge is 0.405 e. The van der Waals surface area contributed by atoms with E-state index in [1.54, 1.807) is 12.4 Å². The number of aromatic nitrogens is 4. The van der Waals surface area contributed by atoms with Crippen LogP contribution in [-0.4, -0.2) is 50.0 Å². The van der Waals surface area contributed by atoms with Crippen molar-refractivity contribution in [1.29, 1.82) is 0 Å². The van der Waals surface area contributed by atoms with Gasteiger partial charge in [0.1, 0.15) is 11.6 Å². The van der Waals surface area contributed by atoms with Gasteiger partial charge in [-0.3, -0.25) is 4.98 Å². The van der Waals surface area contributed by atoms with Crippen LogP contribution in [0, 0.1) is 11.7 Å². The fourth-order valence-electron chi connectivity index (χ4n) is 3.77. The number of pyridine rings is 1. The Morgan fingerprint density at radius 3 is 2.97 bits per heavy atom. The molecule has 0 radical (unpaired) electrons. The van der Waals surface area contributed by atoms with Crippen molar-refractivity contribution in [2.45, 2.75) is 38.8 Å². The number of hydrogen-bond acceptors (Lipinski definition) is 7. The van der Waals surface area contributed by atoms with Crippen LogP contribution in [0.15, 0.2) is 36.9 Å². The van der Waals surface area contributed by atoms with Crippen molar-refractivity contribution >= 4 is 17.6 Å². The molecular formula is C21H25FN6O3. The lowest BCUT2D eigenvalue weighted by Gasteiger charge is -2.26. The first-order chi connectivity index (χ1) is 15.0. The highest BCUT2D eigenvalue weighted by atomic mass is 19.1. The molecule has 3 aromatic rings. The number of nitrogens with one attached hydrogen (secondary N) is 1. The maximum absolute atomic E-state index is 13.7. The molecule has 31 heavy (non-hydrogen) atoms. The Bertz CT molecular complexity index is 1070. The second-order valence-electron chi connectivity index (χ2n) is 7.92. The number of nitrogens with zero attached hydrogens (tertiary/aromatic N) is 5. The van der Waals surface area contributed by atoms with Crippen LogP contribution in [0.25, 0.3) is 5.65 Å². The maximum atomic E-state index is 13.7. The lowest BCUT2D eigenvalue weighted by molar-refractivity contribution is 0.171. The van der Waals surface area contributed by atoms with Gasteiger partial charge in [0.25, 0.3) is 0 Å². The molecule has 0 aliphatic carbocycles. The first-order valence-corrected chi connectivity index (χ1v) is 10.3. The minimum absolute atomic E-state index is 0.0370. The number of carbonyl (C=O) groups excluding carboxylic acids is 1. The van der Waals surface area contributed by atoms with Crippen LogP contribution in [0.5, 0.6) is 5.75 Å². The van der Waals surface area contributed by atoms with Gasteiger partial charge in [-0.15, -0.1) is 0 Å². The Balaban J connectivity index is 1.57. The van der Waals surface area contributed by atoms with Crippen molar-refractivity contribution in [2.75, 3.05) is 18.1 Å². The average molecular weight is 428 g/mol. The number of halogens is 1. The Hall–Kier alpha value is -3.27. The zero-order chi connectivity index (χ0) is 22.0. The van der Waals surface area contributed by atoms with E-state index in [1.165, 1.54) is 23.0 Å². The van der Waals surface area contributed by atoms with Gasteiger partial charge in [0, 0.05) is 18.9 Å². The van der Waals surface area contributed by atoms with Crippen molar-refractivity contribution in [2.24, 2.45) is 5.92 Å². The van der Waals surface area contributed by atoms with Crippen molar-refractivity contribution in [3.63, 3.8) is 0 Å². The lowest BCUT2D eigenvalue weighted by Crippen LogP contribution is -2.42. The zero-order valence-electron chi connectivity index (χ0n) is 17.4. The Morgan fingerprint density at radius 2 is 2.23 bits per heavy atom. The van der Waals surface area contributed by atoms with E-state index in [-0.39, 0.29) is 30.1 Å². The van der Waals surface area contributed by atoms with E-state index in [1.807, 2.05) is 19.9 Å². The number of aliphatic hydroxyl groups excluding tert-OH is 1. The highest BCUT2D eigenvalue weighted by Gasteiger charge is 2.28. The molecule has 1 fully saturated rings. The van der Waals surface area contributed by atoms with Crippen molar-refractivity contribution in [3.05, 3.63) is 48.3 Å². The first-order valence-electron chi connectivity index (χ1n) is 10.3. The number of amides is 1. The van der Waals surface area contributed by atoms with E-state index in [2.05, 4.69) is 25.3 Å². The predicted octanol–water partition coefficient (Wildman–Crippen LogP) is 2.71. The molecule has 3 aromatic heterocycles. The third-order valence-corrected chi connectivity index (χ3v) is 5.49. The average Bonchev–Trinajstić information content (AvgIpc) is 3.39. The van der Waals surface area contributed by atoms with E-state index in [9.17, 15) is 14.3 Å². The van der Waals surface area contributed by atoms with E-state index in [0.29, 0.717) is 11.5 Å². The maximum Gasteiger partial charge on any atom is 0.413 e. The number of fused-ring (bicyclic) bond motifs is 1. The molecule has 1 saturated heterocycles. The van der Waals surface area contributed by atoms with Gasteiger partial charge in [0.15, 0.2) is 5.75 Å². The van der Waals surface area contributed by atoms with Crippen LogP contribution in [0.2, 0.25) is 0 Å². The Kier molecular flexibility index (Phi) is 5.99. The molecule has 1 amide bonds. The first kappa shape index (κ1) is 21.0. The number of hydrogen-bond donors (Lipinski definition) is 2. The molecule has 0 bridgehead atoms.